The van der Waals surface area contributed by atoms with Crippen LogP contribution in [-0.4, -0.2) is 17.5 Å². The molecule has 1 heterocycles. The Bertz CT molecular complexity index is 244. The summed E-state index contributed by atoms with van der Waals surface area (Å²) in [4.78, 5) is 4.10. The van der Waals surface area contributed by atoms with Crippen LogP contribution < -0.4 is 0 Å². The molecule has 0 spiro atoms. The Balaban J connectivity index is 3.02. The Morgan fingerprint density at radius 3 is 2.17 bits per heavy atom. The third-order valence-corrected chi connectivity index (χ3v) is 8.21. The normalized spacial score (nSPS) is 13.4. The maximum atomic E-state index is 4.10. The highest BCUT2D eigenvalue weighted by Crippen LogP contribution is 2.36. The van der Waals surface area contributed by atoms with Gasteiger partial charge in [-0.15, -0.1) is 0 Å². The highest BCUT2D eigenvalue weighted by Gasteiger charge is 2.36. The summed E-state index contributed by atoms with van der Waals surface area (Å²) in [6.07, 6.45) is 5.88. The monoisotopic (exact) mass is 182 g/mol. The second kappa shape index (κ2) is 2.73. The molecule has 12 heavy (non-hydrogen) atoms. The number of hydrogen-bond donors (Lipinski definition) is 0. The summed E-state index contributed by atoms with van der Waals surface area (Å²) in [6, 6.07) is 0. The molecule has 0 radical (unpaired) electrons. The van der Waals surface area contributed by atoms with E-state index in [4.69, 9.17) is 0 Å². The van der Waals surface area contributed by atoms with Gasteiger partial charge in [-0.2, -0.15) is 0 Å². The number of aromatic nitrogens is 2. The Morgan fingerprint density at radius 1 is 1.25 bits per heavy atom. The van der Waals surface area contributed by atoms with Crippen LogP contribution in [-0.2, 0) is 0 Å². The molecule has 0 N–H and O–H groups in total. The molecule has 0 bridgehead atoms. The van der Waals surface area contributed by atoms with Crippen LogP contribution in [0.5, 0.6) is 0 Å². The van der Waals surface area contributed by atoms with Crippen LogP contribution in [0, 0.1) is 0 Å². The van der Waals surface area contributed by atoms with Crippen molar-refractivity contribution in [1.82, 2.24) is 9.22 Å². The first-order chi connectivity index (χ1) is 5.36. The first kappa shape index (κ1) is 9.51. The second-order valence-electron chi connectivity index (χ2n) is 4.78. The minimum Gasteiger partial charge on any atom is -0.364 e. The van der Waals surface area contributed by atoms with Gasteiger partial charge in [0.1, 0.15) is 0 Å². The topological polar surface area (TPSA) is 17.8 Å². The van der Waals surface area contributed by atoms with Gasteiger partial charge < -0.3 is 4.23 Å². The van der Waals surface area contributed by atoms with Gasteiger partial charge >= 0.3 is 0 Å². The molecule has 1 aromatic heterocycles. The average Bonchev–Trinajstić information content (AvgIpc) is 2.34. The first-order valence-corrected chi connectivity index (χ1v) is 7.29. The van der Waals surface area contributed by atoms with Crippen molar-refractivity contribution in [3.8, 4) is 0 Å². The van der Waals surface area contributed by atoms with Crippen LogP contribution in [0.4, 0.5) is 0 Å². The molecule has 0 saturated carbocycles. The van der Waals surface area contributed by atoms with Crippen molar-refractivity contribution >= 4 is 8.24 Å². The molecule has 0 fully saturated rings. The number of imidazole rings is 1. The van der Waals surface area contributed by atoms with E-state index in [1.165, 1.54) is 0 Å². The maximum Gasteiger partial charge on any atom is 0.162 e. The van der Waals surface area contributed by atoms with E-state index in [2.05, 4.69) is 49.3 Å². The molecule has 0 atom stereocenters. The van der Waals surface area contributed by atoms with E-state index in [-0.39, 0.29) is 0 Å². The van der Waals surface area contributed by atoms with Gasteiger partial charge in [0.15, 0.2) is 8.24 Å². The molecule has 1 rings (SSSR count). The van der Waals surface area contributed by atoms with Crippen molar-refractivity contribution in [2.75, 3.05) is 0 Å². The standard InChI is InChI=1S/C9H18N2Si/c1-9(2,3)12(4,5)11-7-6-10-8-11/h6-8H,1-5H3. The molecular formula is C9H18N2Si. The van der Waals surface area contributed by atoms with E-state index in [1.54, 1.807) is 0 Å². The van der Waals surface area contributed by atoms with E-state index in [9.17, 15) is 0 Å². The van der Waals surface area contributed by atoms with Crippen LogP contribution >= 0.6 is 0 Å². The predicted octanol–water partition coefficient (Wildman–Crippen LogP) is 2.74. The van der Waals surface area contributed by atoms with Gasteiger partial charge in [-0.05, 0) is 5.04 Å². The van der Waals surface area contributed by atoms with Crippen LogP contribution in [0.1, 0.15) is 20.8 Å². The summed E-state index contributed by atoms with van der Waals surface area (Å²) in [6.45, 7) is 11.7. The largest absolute Gasteiger partial charge is 0.364 e. The van der Waals surface area contributed by atoms with E-state index in [0.717, 1.165) is 0 Å². The zero-order chi connectivity index (χ0) is 9.41. The number of hydrogen-bond acceptors (Lipinski definition) is 1. The lowest BCUT2D eigenvalue weighted by Gasteiger charge is -2.37. The third-order valence-electron chi connectivity index (χ3n) is 2.99. The van der Waals surface area contributed by atoms with E-state index >= 15 is 0 Å². The van der Waals surface area contributed by atoms with Crippen molar-refractivity contribution in [2.45, 2.75) is 38.9 Å². The Morgan fingerprint density at radius 2 is 1.83 bits per heavy atom. The van der Waals surface area contributed by atoms with E-state index in [1.807, 2.05) is 12.5 Å². The summed E-state index contributed by atoms with van der Waals surface area (Å²) in [5.74, 6) is 0. The molecule has 68 valence electrons. The van der Waals surface area contributed by atoms with Gasteiger partial charge in [0.2, 0.25) is 0 Å². The van der Waals surface area contributed by atoms with Gasteiger partial charge in [-0.3, -0.25) is 0 Å². The van der Waals surface area contributed by atoms with Crippen molar-refractivity contribution < 1.29 is 0 Å². The predicted molar refractivity (Wildman–Crippen MR) is 54.8 cm³/mol. The lowest BCUT2D eigenvalue weighted by atomic mass is 10.2. The summed E-state index contributed by atoms with van der Waals surface area (Å²) in [5, 5.41) is 0.383. The smallest absolute Gasteiger partial charge is 0.162 e. The quantitative estimate of drug-likeness (QED) is 0.611. The Hall–Kier alpha value is -0.573. The van der Waals surface area contributed by atoms with Crippen molar-refractivity contribution in [3.05, 3.63) is 18.7 Å². The van der Waals surface area contributed by atoms with Crippen LogP contribution in [0.25, 0.3) is 0 Å². The minimum absolute atomic E-state index is 0.383. The molecule has 2 nitrogen and oxygen atoms in total. The molecule has 0 aliphatic heterocycles. The Kier molecular flexibility index (Phi) is 2.16. The molecule has 1 aromatic rings. The lowest BCUT2D eigenvalue weighted by molar-refractivity contribution is 0.699. The molecular weight excluding hydrogens is 164 g/mol. The molecule has 3 heteroatoms. The maximum absolute atomic E-state index is 4.10. The lowest BCUT2D eigenvalue weighted by Crippen LogP contribution is -2.44. The summed E-state index contributed by atoms with van der Waals surface area (Å²) >= 11 is 0. The second-order valence-corrected chi connectivity index (χ2v) is 9.91. The fourth-order valence-corrected chi connectivity index (χ4v) is 2.55. The summed E-state index contributed by atoms with van der Waals surface area (Å²) in [7, 11) is -1.37. The van der Waals surface area contributed by atoms with Gasteiger partial charge in [0.25, 0.3) is 0 Å². The molecule has 0 aliphatic rings. The van der Waals surface area contributed by atoms with Gasteiger partial charge in [-0.1, -0.05) is 33.9 Å². The molecule has 0 aliphatic carbocycles. The zero-order valence-corrected chi connectivity index (χ0v) is 9.63. The van der Waals surface area contributed by atoms with Gasteiger partial charge in [0.05, 0.1) is 6.33 Å². The fourth-order valence-electron chi connectivity index (χ4n) is 0.977. The highest BCUT2D eigenvalue weighted by atomic mass is 28.3. The third kappa shape index (κ3) is 1.46. The molecule has 0 amide bonds. The molecule has 0 saturated heterocycles. The number of nitrogens with zero attached hydrogens (tertiary/aromatic N) is 2. The summed E-state index contributed by atoms with van der Waals surface area (Å²) < 4.78 is 2.30. The first-order valence-electron chi connectivity index (χ1n) is 4.34. The van der Waals surface area contributed by atoms with Gasteiger partial charge in [0, 0.05) is 12.4 Å². The summed E-state index contributed by atoms with van der Waals surface area (Å²) in [5.41, 5.74) is 0. The van der Waals surface area contributed by atoms with E-state index in [0.29, 0.717) is 5.04 Å². The SMILES string of the molecule is CC(C)(C)[Si](C)(C)n1ccnc1. The average molecular weight is 182 g/mol. The number of rotatable bonds is 1. The van der Waals surface area contributed by atoms with Crippen LogP contribution in [0.2, 0.25) is 18.1 Å². The highest BCUT2D eigenvalue weighted by molar-refractivity contribution is 6.78. The van der Waals surface area contributed by atoms with Gasteiger partial charge in [-0.25, -0.2) is 4.98 Å². The fraction of sp³-hybridized carbons (Fsp3) is 0.667. The molecule has 0 unspecified atom stereocenters. The molecule has 0 aromatic carbocycles. The van der Waals surface area contributed by atoms with E-state index < -0.39 is 8.24 Å². The van der Waals surface area contributed by atoms with Crippen molar-refractivity contribution in [1.29, 1.82) is 0 Å². The zero-order valence-electron chi connectivity index (χ0n) is 8.63. The van der Waals surface area contributed by atoms with Crippen LogP contribution in [0.15, 0.2) is 18.7 Å². The van der Waals surface area contributed by atoms with Crippen molar-refractivity contribution in [2.24, 2.45) is 0 Å². The van der Waals surface area contributed by atoms with Crippen molar-refractivity contribution in [3.63, 3.8) is 0 Å². The minimum atomic E-state index is -1.37. The Labute approximate surface area is 75.7 Å². The van der Waals surface area contributed by atoms with Crippen LogP contribution in [0.3, 0.4) is 0 Å².